The quantitative estimate of drug-likeness (QED) is 0.109. The first-order valence-electron chi connectivity index (χ1n) is 11.4. The summed E-state index contributed by atoms with van der Waals surface area (Å²) in [6.07, 6.45) is 14.5. The Balaban J connectivity index is 4.20. The first-order valence-corrected chi connectivity index (χ1v) is 13.0. The minimum atomic E-state index is -4.72. The van der Waals surface area contributed by atoms with Crippen LogP contribution in [0.2, 0.25) is 0 Å². The molecule has 0 amide bonds. The second-order valence-corrected chi connectivity index (χ2v) is 8.86. The first kappa shape index (κ1) is 29.8. The summed E-state index contributed by atoms with van der Waals surface area (Å²) in [6.45, 7) is 3.29. The van der Waals surface area contributed by atoms with Gasteiger partial charge < -0.3 is 19.3 Å². The lowest BCUT2D eigenvalue weighted by Crippen LogP contribution is -2.29. The van der Waals surface area contributed by atoms with Crippen LogP contribution < -0.4 is 0 Å². The summed E-state index contributed by atoms with van der Waals surface area (Å²) in [5, 5.41) is 0. The number of rotatable bonds is 20. The fourth-order valence-corrected chi connectivity index (χ4v) is 3.26. The molecule has 8 nitrogen and oxygen atoms in total. The normalized spacial score (nSPS) is 12.8. The molecule has 0 fully saturated rings. The first-order chi connectivity index (χ1) is 14.8. The van der Waals surface area contributed by atoms with E-state index in [2.05, 4.69) is 17.5 Å². The van der Waals surface area contributed by atoms with E-state index in [1.54, 1.807) is 0 Å². The SMILES string of the molecule is C/C=C\CCCCCCCC(=O)O[C@@H](COC(=O)CCCCCCC)COP(=O)(O)O. The number of unbranched alkanes of at least 4 members (excludes halogenated alkanes) is 9. The van der Waals surface area contributed by atoms with E-state index < -0.39 is 32.5 Å². The summed E-state index contributed by atoms with van der Waals surface area (Å²) in [7, 11) is -4.72. The van der Waals surface area contributed by atoms with E-state index in [-0.39, 0.29) is 19.4 Å². The number of hydrogen-bond donors (Lipinski definition) is 2. The molecule has 0 saturated heterocycles. The summed E-state index contributed by atoms with van der Waals surface area (Å²) in [4.78, 5) is 41.7. The Hall–Kier alpha value is -1.21. The van der Waals surface area contributed by atoms with Crippen LogP contribution in [0.25, 0.3) is 0 Å². The van der Waals surface area contributed by atoms with Gasteiger partial charge >= 0.3 is 19.8 Å². The monoisotopic (exact) mass is 464 g/mol. The number of allylic oxidation sites excluding steroid dienone is 2. The number of hydrogen-bond acceptors (Lipinski definition) is 6. The molecule has 0 unspecified atom stereocenters. The van der Waals surface area contributed by atoms with Gasteiger partial charge in [-0.05, 0) is 32.6 Å². The van der Waals surface area contributed by atoms with E-state index >= 15 is 0 Å². The predicted octanol–water partition coefficient (Wildman–Crippen LogP) is 5.22. The second-order valence-electron chi connectivity index (χ2n) is 7.62. The lowest BCUT2D eigenvalue weighted by molar-refractivity contribution is -0.161. The Bertz CT molecular complexity index is 544. The van der Waals surface area contributed by atoms with Gasteiger partial charge in [0, 0.05) is 12.8 Å². The van der Waals surface area contributed by atoms with Crippen molar-refractivity contribution >= 4 is 19.8 Å². The topological polar surface area (TPSA) is 119 Å². The molecule has 182 valence electrons. The van der Waals surface area contributed by atoms with E-state index in [1.165, 1.54) is 0 Å². The molecule has 0 rings (SSSR count). The smallest absolute Gasteiger partial charge is 0.462 e. The van der Waals surface area contributed by atoms with Gasteiger partial charge in [0.05, 0.1) is 6.61 Å². The summed E-state index contributed by atoms with van der Waals surface area (Å²) in [5.74, 6) is -0.921. The highest BCUT2D eigenvalue weighted by molar-refractivity contribution is 7.46. The van der Waals surface area contributed by atoms with Gasteiger partial charge in [-0.15, -0.1) is 0 Å². The molecule has 31 heavy (non-hydrogen) atoms. The number of phosphoric ester groups is 1. The van der Waals surface area contributed by atoms with Crippen molar-refractivity contribution in [2.24, 2.45) is 0 Å². The third kappa shape index (κ3) is 21.8. The van der Waals surface area contributed by atoms with Crippen molar-refractivity contribution in [2.45, 2.75) is 103 Å². The zero-order chi connectivity index (χ0) is 23.4. The fraction of sp³-hybridized carbons (Fsp3) is 0.818. The van der Waals surface area contributed by atoms with Gasteiger partial charge in [0.15, 0.2) is 6.10 Å². The van der Waals surface area contributed by atoms with Crippen LogP contribution in [0.3, 0.4) is 0 Å². The Kier molecular flexibility index (Phi) is 18.7. The lowest BCUT2D eigenvalue weighted by atomic mass is 10.1. The molecule has 0 radical (unpaired) electrons. The maximum atomic E-state index is 12.0. The van der Waals surface area contributed by atoms with Gasteiger partial charge in [0.2, 0.25) is 0 Å². The lowest BCUT2D eigenvalue weighted by Gasteiger charge is -2.18. The molecule has 0 aromatic rings. The van der Waals surface area contributed by atoms with Crippen molar-refractivity contribution < 1.29 is 37.9 Å². The zero-order valence-electron chi connectivity index (χ0n) is 19.1. The Labute approximate surface area is 187 Å². The van der Waals surface area contributed by atoms with Crippen LogP contribution in [0, 0.1) is 0 Å². The molecule has 0 aromatic carbocycles. The van der Waals surface area contributed by atoms with E-state index in [0.717, 1.165) is 64.2 Å². The third-order valence-corrected chi connectivity index (χ3v) is 5.11. The predicted molar refractivity (Wildman–Crippen MR) is 119 cm³/mol. The minimum Gasteiger partial charge on any atom is -0.462 e. The minimum absolute atomic E-state index is 0.201. The molecule has 0 aliphatic carbocycles. The van der Waals surface area contributed by atoms with Gasteiger partial charge in [-0.1, -0.05) is 64.0 Å². The van der Waals surface area contributed by atoms with Crippen LogP contribution in [0.5, 0.6) is 0 Å². The highest BCUT2D eigenvalue weighted by Gasteiger charge is 2.22. The Morgan fingerprint density at radius 2 is 1.45 bits per heavy atom. The molecule has 0 aliphatic heterocycles. The molecule has 2 N–H and O–H groups in total. The molecule has 0 heterocycles. The Morgan fingerprint density at radius 1 is 0.871 bits per heavy atom. The van der Waals surface area contributed by atoms with Gasteiger partial charge in [-0.2, -0.15) is 0 Å². The Morgan fingerprint density at radius 3 is 2.06 bits per heavy atom. The summed E-state index contributed by atoms with van der Waals surface area (Å²) < 4.78 is 25.7. The maximum absolute atomic E-state index is 12.0. The van der Waals surface area contributed by atoms with Crippen molar-refractivity contribution in [2.75, 3.05) is 13.2 Å². The van der Waals surface area contributed by atoms with Crippen LogP contribution in [-0.4, -0.2) is 41.0 Å². The van der Waals surface area contributed by atoms with Gasteiger partial charge in [-0.3, -0.25) is 14.1 Å². The van der Waals surface area contributed by atoms with E-state index in [4.69, 9.17) is 19.3 Å². The van der Waals surface area contributed by atoms with Crippen molar-refractivity contribution in [1.82, 2.24) is 0 Å². The molecule has 0 aromatic heterocycles. The summed E-state index contributed by atoms with van der Waals surface area (Å²) in [6, 6.07) is 0. The molecular formula is C22H41O8P. The van der Waals surface area contributed by atoms with Gasteiger partial charge in [0.25, 0.3) is 0 Å². The number of carbonyl (C=O) groups is 2. The van der Waals surface area contributed by atoms with Crippen molar-refractivity contribution in [3.63, 3.8) is 0 Å². The molecule has 0 saturated carbocycles. The van der Waals surface area contributed by atoms with Crippen LogP contribution in [-0.2, 0) is 28.2 Å². The van der Waals surface area contributed by atoms with E-state index in [0.29, 0.717) is 6.42 Å². The second kappa shape index (κ2) is 19.5. The van der Waals surface area contributed by atoms with Crippen LogP contribution in [0.1, 0.15) is 97.3 Å². The molecule has 1 atom stereocenters. The third-order valence-electron chi connectivity index (χ3n) is 4.63. The highest BCUT2D eigenvalue weighted by atomic mass is 31.2. The number of ether oxygens (including phenoxy) is 2. The standard InChI is InChI=1S/C22H41O8P/c1-3-5-7-9-10-11-13-15-17-22(24)30-20(19-29-31(25,26)27)18-28-21(23)16-14-12-8-6-4-2/h3,5,20H,4,6-19H2,1-2H3,(H2,25,26,27)/b5-3-/t20-/m0/s1. The average Bonchev–Trinajstić information content (AvgIpc) is 2.71. The number of esters is 2. The highest BCUT2D eigenvalue weighted by Crippen LogP contribution is 2.35. The molecule has 0 aliphatic rings. The van der Waals surface area contributed by atoms with Crippen LogP contribution in [0.4, 0.5) is 0 Å². The van der Waals surface area contributed by atoms with Crippen molar-refractivity contribution in [1.29, 1.82) is 0 Å². The zero-order valence-corrected chi connectivity index (χ0v) is 20.0. The van der Waals surface area contributed by atoms with Crippen molar-refractivity contribution in [3.8, 4) is 0 Å². The van der Waals surface area contributed by atoms with Crippen molar-refractivity contribution in [3.05, 3.63) is 12.2 Å². The van der Waals surface area contributed by atoms with Crippen LogP contribution in [0.15, 0.2) is 12.2 Å². The molecular weight excluding hydrogens is 423 g/mol. The number of carbonyl (C=O) groups excluding carboxylic acids is 2. The van der Waals surface area contributed by atoms with E-state index in [9.17, 15) is 14.2 Å². The fourth-order valence-electron chi connectivity index (χ4n) is 2.90. The maximum Gasteiger partial charge on any atom is 0.469 e. The van der Waals surface area contributed by atoms with Crippen LogP contribution >= 0.6 is 7.82 Å². The molecule has 0 spiro atoms. The van der Waals surface area contributed by atoms with E-state index in [1.807, 2.05) is 13.0 Å². The van der Waals surface area contributed by atoms with Gasteiger partial charge in [0.1, 0.15) is 6.61 Å². The average molecular weight is 465 g/mol. The molecule has 0 bridgehead atoms. The summed E-state index contributed by atoms with van der Waals surface area (Å²) >= 11 is 0. The summed E-state index contributed by atoms with van der Waals surface area (Å²) in [5.41, 5.74) is 0. The largest absolute Gasteiger partial charge is 0.469 e. The molecule has 9 heteroatoms. The van der Waals surface area contributed by atoms with Gasteiger partial charge in [-0.25, -0.2) is 4.57 Å². The number of phosphoric acid groups is 1.